The van der Waals surface area contributed by atoms with Gasteiger partial charge in [-0.15, -0.1) is 12.4 Å². The number of halogens is 1. The van der Waals surface area contributed by atoms with Crippen LogP contribution in [-0.2, 0) is 0 Å². The van der Waals surface area contributed by atoms with Gasteiger partial charge in [-0.1, -0.05) is 0 Å². The summed E-state index contributed by atoms with van der Waals surface area (Å²) in [7, 11) is 0. The molecule has 29 heavy (non-hydrogen) atoms. The Morgan fingerprint density at radius 2 is 1.21 bits per heavy atom. The second-order valence-electron chi connectivity index (χ2n) is 6.82. The molecule has 0 atom stereocenters. The Hall–Kier alpha value is -2.87. The number of anilines is 2. The van der Waals surface area contributed by atoms with E-state index < -0.39 is 0 Å². The van der Waals surface area contributed by atoms with Gasteiger partial charge in [-0.3, -0.25) is 0 Å². The van der Waals surface area contributed by atoms with Gasteiger partial charge in [0.1, 0.15) is 23.8 Å². The van der Waals surface area contributed by atoms with Gasteiger partial charge in [0.25, 0.3) is 0 Å². The van der Waals surface area contributed by atoms with Gasteiger partial charge in [-0.25, -0.2) is 9.97 Å². The van der Waals surface area contributed by atoms with E-state index in [9.17, 15) is 0 Å². The quantitative estimate of drug-likeness (QED) is 0.812. The van der Waals surface area contributed by atoms with E-state index in [-0.39, 0.29) is 12.4 Å². The maximum atomic E-state index is 8.64. The van der Waals surface area contributed by atoms with Crippen molar-refractivity contribution in [1.82, 2.24) is 15.3 Å². The van der Waals surface area contributed by atoms with Crippen molar-refractivity contribution < 1.29 is 0 Å². The molecule has 1 N–H and O–H groups in total. The smallest absolute Gasteiger partial charge is 0.128 e. The summed E-state index contributed by atoms with van der Waals surface area (Å²) in [5.41, 5.74) is 1.25. The zero-order chi connectivity index (χ0) is 19.6. The molecular formula is C21H26ClN7. The van der Waals surface area contributed by atoms with Crippen molar-refractivity contribution in [1.29, 1.82) is 10.5 Å². The van der Waals surface area contributed by atoms with E-state index in [0.29, 0.717) is 11.1 Å². The molecule has 2 aromatic heterocycles. The van der Waals surface area contributed by atoms with Crippen LogP contribution in [0.3, 0.4) is 0 Å². The van der Waals surface area contributed by atoms with Gasteiger partial charge in [0.05, 0.1) is 11.1 Å². The lowest BCUT2D eigenvalue weighted by molar-refractivity contribution is 0.573. The fourth-order valence-electron chi connectivity index (χ4n) is 3.30. The molecule has 152 valence electrons. The molecule has 0 amide bonds. The maximum Gasteiger partial charge on any atom is 0.128 e. The zero-order valence-electron chi connectivity index (χ0n) is 16.4. The summed E-state index contributed by atoms with van der Waals surface area (Å²) in [5, 5.41) is 20.5. The number of hydrogen-bond acceptors (Lipinski definition) is 7. The van der Waals surface area contributed by atoms with Crippen LogP contribution in [-0.4, -0.2) is 49.2 Å². The van der Waals surface area contributed by atoms with Crippen molar-refractivity contribution in [3.8, 4) is 12.1 Å². The first kappa shape index (κ1) is 22.4. The molecule has 0 saturated carbocycles. The van der Waals surface area contributed by atoms with Crippen LogP contribution >= 0.6 is 12.4 Å². The van der Waals surface area contributed by atoms with E-state index in [2.05, 4.69) is 37.2 Å². The molecule has 2 aromatic rings. The Kier molecular flexibility index (Phi) is 9.17. The Morgan fingerprint density at radius 1 is 0.724 bits per heavy atom. The predicted octanol–water partition coefficient (Wildman–Crippen LogP) is 2.73. The normalized spacial score (nSPS) is 15.8. The first-order valence-electron chi connectivity index (χ1n) is 9.73. The molecule has 2 saturated heterocycles. The minimum Gasteiger partial charge on any atom is -0.357 e. The Labute approximate surface area is 178 Å². The summed E-state index contributed by atoms with van der Waals surface area (Å²) in [4.78, 5) is 13.0. The van der Waals surface area contributed by atoms with Gasteiger partial charge < -0.3 is 15.1 Å². The summed E-state index contributed by atoms with van der Waals surface area (Å²) < 4.78 is 0. The predicted molar refractivity (Wildman–Crippen MR) is 116 cm³/mol. The summed E-state index contributed by atoms with van der Waals surface area (Å²) in [6.45, 7) is 6.17. The van der Waals surface area contributed by atoms with Crippen molar-refractivity contribution in [2.45, 2.75) is 19.3 Å². The van der Waals surface area contributed by atoms with Crippen LogP contribution in [0.4, 0.5) is 11.6 Å². The molecule has 7 nitrogen and oxygen atoms in total. The molecule has 2 aliphatic rings. The number of nitrogens with zero attached hydrogens (tertiary/aromatic N) is 6. The number of aromatic nitrogens is 2. The van der Waals surface area contributed by atoms with Gasteiger partial charge in [-0.2, -0.15) is 10.5 Å². The summed E-state index contributed by atoms with van der Waals surface area (Å²) >= 11 is 0. The van der Waals surface area contributed by atoms with Gasteiger partial charge >= 0.3 is 0 Å². The largest absolute Gasteiger partial charge is 0.357 e. The first-order chi connectivity index (χ1) is 13.8. The molecule has 8 heteroatoms. The van der Waals surface area contributed by atoms with Crippen LogP contribution in [0, 0.1) is 22.7 Å². The molecule has 0 aromatic carbocycles. The lowest BCUT2D eigenvalue weighted by atomic mass is 10.1. The van der Waals surface area contributed by atoms with Crippen LogP contribution in [0.2, 0.25) is 0 Å². The second-order valence-corrected chi connectivity index (χ2v) is 6.82. The number of piperazine rings is 1. The Balaban J connectivity index is 0.000000200. The summed E-state index contributed by atoms with van der Waals surface area (Å²) in [6.07, 6.45) is 7.09. The summed E-state index contributed by atoms with van der Waals surface area (Å²) in [5.74, 6) is 1.97. The Bertz CT molecular complexity index is 741. The van der Waals surface area contributed by atoms with E-state index in [1.807, 2.05) is 24.3 Å². The highest BCUT2D eigenvalue weighted by Crippen LogP contribution is 2.17. The summed E-state index contributed by atoms with van der Waals surface area (Å²) in [6, 6.07) is 11.6. The topological polar surface area (TPSA) is 91.9 Å². The third-order valence-corrected chi connectivity index (χ3v) is 4.87. The minimum atomic E-state index is 0. The van der Waals surface area contributed by atoms with E-state index in [1.165, 1.54) is 19.3 Å². The van der Waals surface area contributed by atoms with E-state index in [4.69, 9.17) is 10.5 Å². The molecule has 0 aliphatic carbocycles. The molecule has 2 fully saturated rings. The number of nitriles is 2. The van der Waals surface area contributed by atoms with Gasteiger partial charge in [0.2, 0.25) is 0 Å². The number of piperidine rings is 1. The van der Waals surface area contributed by atoms with Crippen LogP contribution < -0.4 is 15.1 Å². The average Bonchev–Trinajstić information content (AvgIpc) is 2.81. The second kappa shape index (κ2) is 11.9. The third kappa shape index (κ3) is 6.60. The van der Waals surface area contributed by atoms with Crippen LogP contribution in [0.25, 0.3) is 0 Å². The van der Waals surface area contributed by atoms with Crippen molar-refractivity contribution in [2.24, 2.45) is 0 Å². The monoisotopic (exact) mass is 411 g/mol. The molecule has 4 rings (SSSR count). The molecular weight excluding hydrogens is 386 g/mol. The van der Waals surface area contributed by atoms with Gasteiger partial charge in [0.15, 0.2) is 0 Å². The van der Waals surface area contributed by atoms with E-state index in [1.54, 1.807) is 12.4 Å². The standard InChI is InChI=1S/C11H13N3.C10H12N4.ClH/c12-8-10-4-5-11(13-9-10)14-6-2-1-3-7-14;11-7-9-1-2-10(13-8-9)14-5-3-12-4-6-14;/h4-5,9H,1-3,6-7H2;1-2,8,12H,3-6H2;1H. The van der Waals surface area contributed by atoms with Crippen molar-refractivity contribution in [3.63, 3.8) is 0 Å². The highest BCUT2D eigenvalue weighted by atomic mass is 35.5. The third-order valence-electron chi connectivity index (χ3n) is 4.87. The van der Waals surface area contributed by atoms with Crippen molar-refractivity contribution in [3.05, 3.63) is 47.8 Å². The molecule has 0 spiro atoms. The van der Waals surface area contributed by atoms with Crippen LogP contribution in [0.15, 0.2) is 36.7 Å². The highest BCUT2D eigenvalue weighted by molar-refractivity contribution is 5.85. The number of nitrogens with one attached hydrogen (secondary N) is 1. The zero-order valence-corrected chi connectivity index (χ0v) is 17.2. The molecule has 4 heterocycles. The number of rotatable bonds is 2. The molecule has 0 bridgehead atoms. The lowest BCUT2D eigenvalue weighted by Gasteiger charge is -2.28. The maximum absolute atomic E-state index is 8.64. The number of hydrogen-bond donors (Lipinski definition) is 1. The van der Waals surface area contributed by atoms with Crippen LogP contribution in [0.5, 0.6) is 0 Å². The number of pyridine rings is 2. The van der Waals surface area contributed by atoms with E-state index >= 15 is 0 Å². The average molecular weight is 412 g/mol. The van der Waals surface area contributed by atoms with Gasteiger partial charge in [0, 0.05) is 51.7 Å². The van der Waals surface area contributed by atoms with Crippen molar-refractivity contribution >= 4 is 24.0 Å². The van der Waals surface area contributed by atoms with Gasteiger partial charge in [-0.05, 0) is 43.5 Å². The first-order valence-corrected chi connectivity index (χ1v) is 9.73. The van der Waals surface area contributed by atoms with Crippen molar-refractivity contribution in [2.75, 3.05) is 49.1 Å². The Morgan fingerprint density at radius 3 is 1.62 bits per heavy atom. The van der Waals surface area contributed by atoms with E-state index in [0.717, 1.165) is 50.9 Å². The molecule has 0 radical (unpaired) electrons. The highest BCUT2D eigenvalue weighted by Gasteiger charge is 2.12. The minimum absolute atomic E-state index is 0. The fourth-order valence-corrected chi connectivity index (χ4v) is 3.30. The fraction of sp³-hybridized carbons (Fsp3) is 0.429. The molecule has 0 unspecified atom stereocenters. The SMILES string of the molecule is Cl.N#Cc1ccc(N2CCCCC2)nc1.N#Cc1ccc(N2CCNCC2)nc1. The lowest BCUT2D eigenvalue weighted by Crippen LogP contribution is -2.43. The van der Waals surface area contributed by atoms with Crippen LogP contribution in [0.1, 0.15) is 30.4 Å². The molecule has 2 aliphatic heterocycles.